The molecule has 2 N–H and O–H groups in total. The first-order valence-corrected chi connectivity index (χ1v) is 5.76. The van der Waals surface area contributed by atoms with Gasteiger partial charge in [0, 0.05) is 12.3 Å². The van der Waals surface area contributed by atoms with Crippen molar-refractivity contribution in [3.05, 3.63) is 69.8 Å². The summed E-state index contributed by atoms with van der Waals surface area (Å²) in [5, 5.41) is 10.9. The Morgan fingerprint density at radius 3 is 2.50 bits per heavy atom. The van der Waals surface area contributed by atoms with Gasteiger partial charge in [-0.05, 0) is 18.2 Å². The van der Waals surface area contributed by atoms with Crippen LogP contribution in [0.25, 0.3) is 0 Å². The standard InChI is InChI=1S/C14H11N3O3/c15-14(18)11-6-2-3-7-12(11)16-9-10-5-1-4-8-13(10)17(19)20/h1-9H,(H2,15,18). The molecular formula is C14H11N3O3. The van der Waals surface area contributed by atoms with Gasteiger partial charge in [0.25, 0.3) is 11.6 Å². The monoisotopic (exact) mass is 269 g/mol. The number of nitro benzene ring substituents is 1. The van der Waals surface area contributed by atoms with Crippen LogP contribution in [0.3, 0.4) is 0 Å². The van der Waals surface area contributed by atoms with Crippen molar-refractivity contribution in [2.24, 2.45) is 10.7 Å². The molecular weight excluding hydrogens is 258 g/mol. The molecule has 2 aromatic rings. The molecule has 1 amide bonds. The Labute approximate surface area is 114 Å². The van der Waals surface area contributed by atoms with E-state index < -0.39 is 10.8 Å². The van der Waals surface area contributed by atoms with Crippen LogP contribution in [0.1, 0.15) is 15.9 Å². The number of hydrogen-bond donors (Lipinski definition) is 1. The maximum Gasteiger partial charge on any atom is 0.278 e. The van der Waals surface area contributed by atoms with Crippen LogP contribution < -0.4 is 5.73 Å². The summed E-state index contributed by atoms with van der Waals surface area (Å²) in [6.45, 7) is 0. The van der Waals surface area contributed by atoms with Crippen molar-refractivity contribution >= 4 is 23.5 Å². The number of aliphatic imine (C=N–C) groups is 1. The number of nitrogens with two attached hydrogens (primary N) is 1. The topological polar surface area (TPSA) is 98.6 Å². The minimum absolute atomic E-state index is 0.0483. The fourth-order valence-corrected chi connectivity index (χ4v) is 1.70. The molecule has 0 saturated heterocycles. The van der Waals surface area contributed by atoms with E-state index in [0.29, 0.717) is 11.3 Å². The fourth-order valence-electron chi connectivity index (χ4n) is 1.70. The molecule has 0 aliphatic heterocycles. The van der Waals surface area contributed by atoms with Gasteiger partial charge >= 0.3 is 0 Å². The van der Waals surface area contributed by atoms with E-state index in [1.165, 1.54) is 12.3 Å². The smallest absolute Gasteiger partial charge is 0.278 e. The second-order valence-electron chi connectivity index (χ2n) is 3.96. The number of carbonyl (C=O) groups excluding carboxylic acids is 1. The zero-order valence-corrected chi connectivity index (χ0v) is 10.4. The number of nitro groups is 1. The highest BCUT2D eigenvalue weighted by Gasteiger charge is 2.11. The third kappa shape index (κ3) is 2.86. The Balaban J connectivity index is 2.40. The van der Waals surface area contributed by atoms with Gasteiger partial charge in [-0.25, -0.2) is 0 Å². The summed E-state index contributed by atoms with van der Waals surface area (Å²) in [6, 6.07) is 12.8. The quantitative estimate of drug-likeness (QED) is 0.524. The molecule has 0 bridgehead atoms. The molecule has 0 fully saturated rings. The molecule has 0 unspecified atom stereocenters. The summed E-state index contributed by atoms with van der Waals surface area (Å²) in [5.41, 5.74) is 6.19. The fraction of sp³-hybridized carbons (Fsp3) is 0. The largest absolute Gasteiger partial charge is 0.366 e. The summed E-state index contributed by atoms with van der Waals surface area (Å²) >= 11 is 0. The maximum atomic E-state index is 11.2. The Kier molecular flexibility index (Phi) is 3.85. The number of nitrogens with zero attached hydrogens (tertiary/aromatic N) is 2. The van der Waals surface area contributed by atoms with Crippen LogP contribution in [-0.4, -0.2) is 17.0 Å². The van der Waals surface area contributed by atoms with E-state index in [2.05, 4.69) is 4.99 Å². The van der Waals surface area contributed by atoms with E-state index in [0.717, 1.165) is 0 Å². The van der Waals surface area contributed by atoms with Gasteiger partial charge in [-0.1, -0.05) is 24.3 Å². The number of rotatable bonds is 4. The van der Waals surface area contributed by atoms with E-state index >= 15 is 0 Å². The molecule has 0 atom stereocenters. The molecule has 6 heteroatoms. The van der Waals surface area contributed by atoms with Crippen LogP contribution in [0.4, 0.5) is 11.4 Å². The number of carbonyl (C=O) groups is 1. The summed E-state index contributed by atoms with van der Waals surface area (Å²) in [7, 11) is 0. The molecule has 0 saturated carbocycles. The van der Waals surface area contributed by atoms with Crippen molar-refractivity contribution in [3.63, 3.8) is 0 Å². The number of primary amides is 1. The highest BCUT2D eigenvalue weighted by molar-refractivity contribution is 5.99. The second kappa shape index (κ2) is 5.75. The molecule has 0 spiro atoms. The van der Waals surface area contributed by atoms with Crippen LogP contribution in [0.15, 0.2) is 53.5 Å². The molecule has 0 aliphatic rings. The number of para-hydroxylation sites is 2. The average Bonchev–Trinajstić information content (AvgIpc) is 2.45. The third-order valence-corrected chi connectivity index (χ3v) is 2.65. The summed E-state index contributed by atoms with van der Waals surface area (Å²) in [4.78, 5) is 25.8. The van der Waals surface area contributed by atoms with Crippen molar-refractivity contribution in [1.29, 1.82) is 0 Å². The predicted octanol–water partition coefficient (Wildman–Crippen LogP) is 2.44. The Hall–Kier alpha value is -3.02. The molecule has 0 aromatic heterocycles. The van der Waals surface area contributed by atoms with Crippen molar-refractivity contribution < 1.29 is 9.72 Å². The predicted molar refractivity (Wildman–Crippen MR) is 75.3 cm³/mol. The van der Waals surface area contributed by atoms with E-state index in [1.54, 1.807) is 42.5 Å². The number of hydrogen-bond acceptors (Lipinski definition) is 4. The van der Waals surface area contributed by atoms with Gasteiger partial charge in [0.15, 0.2) is 0 Å². The first-order valence-electron chi connectivity index (χ1n) is 5.76. The van der Waals surface area contributed by atoms with Gasteiger partial charge in [0.1, 0.15) is 0 Å². The van der Waals surface area contributed by atoms with Gasteiger partial charge in [0.2, 0.25) is 0 Å². The lowest BCUT2D eigenvalue weighted by atomic mass is 10.1. The molecule has 6 nitrogen and oxygen atoms in total. The molecule has 100 valence electrons. The molecule has 0 aliphatic carbocycles. The zero-order chi connectivity index (χ0) is 14.5. The van der Waals surface area contributed by atoms with Crippen LogP contribution >= 0.6 is 0 Å². The maximum absolute atomic E-state index is 11.2. The van der Waals surface area contributed by atoms with Crippen molar-refractivity contribution in [2.45, 2.75) is 0 Å². The zero-order valence-electron chi connectivity index (χ0n) is 10.4. The van der Waals surface area contributed by atoms with Crippen LogP contribution in [0.5, 0.6) is 0 Å². The lowest BCUT2D eigenvalue weighted by molar-refractivity contribution is -0.385. The Morgan fingerprint density at radius 2 is 1.80 bits per heavy atom. The van der Waals surface area contributed by atoms with E-state index in [-0.39, 0.29) is 11.3 Å². The van der Waals surface area contributed by atoms with Crippen molar-refractivity contribution in [2.75, 3.05) is 0 Å². The first-order chi connectivity index (χ1) is 9.59. The van der Waals surface area contributed by atoms with Gasteiger partial charge in [-0.3, -0.25) is 19.9 Å². The van der Waals surface area contributed by atoms with Crippen molar-refractivity contribution in [1.82, 2.24) is 0 Å². The molecule has 0 heterocycles. The van der Waals surface area contributed by atoms with Gasteiger partial charge in [0.05, 0.1) is 21.7 Å². The SMILES string of the molecule is NC(=O)c1ccccc1N=Cc1ccccc1[N+](=O)[O-]. The highest BCUT2D eigenvalue weighted by Crippen LogP contribution is 2.20. The van der Waals surface area contributed by atoms with Gasteiger partial charge in [-0.15, -0.1) is 0 Å². The molecule has 0 radical (unpaired) electrons. The van der Waals surface area contributed by atoms with E-state index in [9.17, 15) is 14.9 Å². The molecule has 2 aromatic carbocycles. The Morgan fingerprint density at radius 1 is 1.15 bits per heavy atom. The van der Waals surface area contributed by atoms with Crippen LogP contribution in [0, 0.1) is 10.1 Å². The lowest BCUT2D eigenvalue weighted by Gasteiger charge is -2.00. The number of benzene rings is 2. The minimum atomic E-state index is -0.597. The molecule has 2 rings (SSSR count). The Bertz CT molecular complexity index is 636. The average molecular weight is 269 g/mol. The molecule has 20 heavy (non-hydrogen) atoms. The minimum Gasteiger partial charge on any atom is -0.366 e. The van der Waals surface area contributed by atoms with Crippen LogP contribution in [-0.2, 0) is 0 Å². The summed E-state index contributed by atoms with van der Waals surface area (Å²) in [5.74, 6) is -0.597. The van der Waals surface area contributed by atoms with E-state index in [1.807, 2.05) is 0 Å². The first kappa shape index (κ1) is 13.4. The van der Waals surface area contributed by atoms with E-state index in [4.69, 9.17) is 5.73 Å². The second-order valence-corrected chi connectivity index (χ2v) is 3.96. The van der Waals surface area contributed by atoms with Gasteiger partial charge < -0.3 is 5.73 Å². The number of amides is 1. The summed E-state index contributed by atoms with van der Waals surface area (Å²) in [6.07, 6.45) is 1.35. The highest BCUT2D eigenvalue weighted by atomic mass is 16.6. The van der Waals surface area contributed by atoms with Crippen molar-refractivity contribution in [3.8, 4) is 0 Å². The third-order valence-electron chi connectivity index (χ3n) is 2.65. The summed E-state index contributed by atoms with van der Waals surface area (Å²) < 4.78 is 0. The lowest BCUT2D eigenvalue weighted by Crippen LogP contribution is -2.10. The van der Waals surface area contributed by atoms with Crippen LogP contribution in [0.2, 0.25) is 0 Å². The normalized spacial score (nSPS) is 10.6. The van der Waals surface area contributed by atoms with Gasteiger partial charge in [-0.2, -0.15) is 0 Å².